The number of nitrogens with one attached hydrogen (secondary N) is 1. The van der Waals surface area contributed by atoms with E-state index in [0.29, 0.717) is 24.2 Å². The van der Waals surface area contributed by atoms with Gasteiger partial charge in [-0.05, 0) is 60.6 Å². The Morgan fingerprint density at radius 1 is 1.15 bits per heavy atom. The van der Waals surface area contributed by atoms with Crippen molar-refractivity contribution in [2.75, 3.05) is 11.1 Å². The number of carbonyl (C=O) groups excluding carboxylic acids is 1. The summed E-state index contributed by atoms with van der Waals surface area (Å²) in [5.41, 5.74) is 0.176. The van der Waals surface area contributed by atoms with Crippen molar-refractivity contribution in [3.63, 3.8) is 0 Å². The molecule has 1 aliphatic rings. The predicted molar refractivity (Wildman–Crippen MR) is 121 cm³/mol. The number of hydrogen-bond acceptors (Lipinski definition) is 4. The maximum atomic E-state index is 14.2. The van der Waals surface area contributed by atoms with Gasteiger partial charge in [0.05, 0.1) is 16.9 Å². The molecule has 0 bridgehead atoms. The summed E-state index contributed by atoms with van der Waals surface area (Å²) in [6.07, 6.45) is -3.60. The first kappa shape index (κ1) is 23.8. The first-order valence-corrected chi connectivity index (χ1v) is 11.5. The lowest BCUT2D eigenvalue weighted by molar-refractivity contribution is -0.138. The van der Waals surface area contributed by atoms with Crippen LogP contribution < -0.4 is 5.32 Å². The highest BCUT2D eigenvalue weighted by Gasteiger charge is 2.41. The standard InChI is InChI=1S/C25H19F4N3OS/c26-17-7-9-18(10-8-17)31-22(33)14-34-24-20(13-30)23(25(27,28)29)19-12-16(6-11-21(19)32-24)15-4-2-1-3-5-15/h1-5,7-10,16H,6,11-12,14H2,(H,31,33)/t16-/m0/s1. The Morgan fingerprint density at radius 2 is 1.85 bits per heavy atom. The summed E-state index contributed by atoms with van der Waals surface area (Å²) in [4.78, 5) is 16.7. The van der Waals surface area contributed by atoms with Gasteiger partial charge in [0.1, 0.15) is 16.9 Å². The summed E-state index contributed by atoms with van der Waals surface area (Å²) in [6, 6.07) is 16.1. The molecule has 0 fully saturated rings. The van der Waals surface area contributed by atoms with E-state index in [4.69, 9.17) is 0 Å². The second kappa shape index (κ2) is 9.85. The number of fused-ring (bicyclic) bond motifs is 1. The number of aryl methyl sites for hydroxylation is 1. The fraction of sp³-hybridized carbons (Fsp3) is 0.240. The number of anilines is 1. The van der Waals surface area contributed by atoms with Crippen LogP contribution in [-0.4, -0.2) is 16.6 Å². The van der Waals surface area contributed by atoms with E-state index in [-0.39, 0.29) is 28.7 Å². The van der Waals surface area contributed by atoms with Crippen molar-refractivity contribution >= 4 is 23.4 Å². The number of amides is 1. The molecule has 0 aliphatic heterocycles. The van der Waals surface area contributed by atoms with Gasteiger partial charge in [0.25, 0.3) is 0 Å². The highest BCUT2D eigenvalue weighted by molar-refractivity contribution is 8.00. The fourth-order valence-corrected chi connectivity index (χ4v) is 4.94. The average molecular weight is 486 g/mol. The third-order valence-corrected chi connectivity index (χ3v) is 6.64. The minimum atomic E-state index is -4.73. The van der Waals surface area contributed by atoms with Crippen LogP contribution in [0.2, 0.25) is 0 Å². The lowest BCUT2D eigenvalue weighted by atomic mass is 9.79. The molecular weight excluding hydrogens is 466 g/mol. The van der Waals surface area contributed by atoms with Crippen molar-refractivity contribution in [2.24, 2.45) is 0 Å². The lowest BCUT2D eigenvalue weighted by Crippen LogP contribution is -2.23. The number of pyridine rings is 1. The van der Waals surface area contributed by atoms with E-state index in [1.165, 1.54) is 24.3 Å². The fourth-order valence-electron chi connectivity index (χ4n) is 4.13. The van der Waals surface area contributed by atoms with Crippen LogP contribution in [-0.2, 0) is 23.8 Å². The molecule has 9 heteroatoms. The molecule has 0 spiro atoms. The largest absolute Gasteiger partial charge is 0.418 e. The number of benzene rings is 2. The van der Waals surface area contributed by atoms with Crippen molar-refractivity contribution in [3.8, 4) is 6.07 Å². The van der Waals surface area contributed by atoms with Gasteiger partial charge in [-0.15, -0.1) is 0 Å². The smallest absolute Gasteiger partial charge is 0.325 e. The molecule has 1 heterocycles. The quantitative estimate of drug-likeness (QED) is 0.350. The number of aromatic nitrogens is 1. The Morgan fingerprint density at radius 3 is 2.50 bits per heavy atom. The minimum Gasteiger partial charge on any atom is -0.325 e. The van der Waals surface area contributed by atoms with Crippen LogP contribution in [0.4, 0.5) is 23.2 Å². The van der Waals surface area contributed by atoms with Gasteiger partial charge in [-0.2, -0.15) is 18.4 Å². The number of carbonyl (C=O) groups is 1. The molecule has 0 unspecified atom stereocenters. The lowest BCUT2D eigenvalue weighted by Gasteiger charge is -2.28. The number of nitrogens with zero attached hydrogens (tertiary/aromatic N) is 2. The van der Waals surface area contributed by atoms with Gasteiger partial charge in [-0.25, -0.2) is 9.37 Å². The minimum absolute atomic E-state index is 0.0595. The van der Waals surface area contributed by atoms with Crippen LogP contribution in [0, 0.1) is 17.1 Å². The molecule has 34 heavy (non-hydrogen) atoms. The van der Waals surface area contributed by atoms with Gasteiger partial charge < -0.3 is 5.32 Å². The third-order valence-electron chi connectivity index (χ3n) is 5.66. The van der Waals surface area contributed by atoms with E-state index >= 15 is 0 Å². The van der Waals surface area contributed by atoms with Crippen molar-refractivity contribution in [3.05, 3.63) is 88.4 Å². The topological polar surface area (TPSA) is 65.8 Å². The van der Waals surface area contributed by atoms with Crippen molar-refractivity contribution in [1.29, 1.82) is 5.26 Å². The van der Waals surface area contributed by atoms with E-state index in [1.54, 1.807) is 6.07 Å². The molecule has 0 radical (unpaired) electrons. The summed E-state index contributed by atoms with van der Waals surface area (Å²) >= 11 is 0.783. The summed E-state index contributed by atoms with van der Waals surface area (Å²) in [6.45, 7) is 0. The van der Waals surface area contributed by atoms with Crippen molar-refractivity contribution in [1.82, 2.24) is 4.98 Å². The number of rotatable bonds is 5. The number of nitriles is 1. The van der Waals surface area contributed by atoms with Crippen LogP contribution in [0.3, 0.4) is 0 Å². The second-order valence-electron chi connectivity index (χ2n) is 7.90. The van der Waals surface area contributed by atoms with E-state index < -0.39 is 29.0 Å². The summed E-state index contributed by atoms with van der Waals surface area (Å²) in [5, 5.41) is 12.1. The Hall–Kier alpha value is -3.38. The van der Waals surface area contributed by atoms with Gasteiger partial charge in [0.2, 0.25) is 5.91 Å². The molecule has 2 aromatic carbocycles. The van der Waals surface area contributed by atoms with Crippen LogP contribution >= 0.6 is 11.8 Å². The molecule has 174 valence electrons. The molecule has 1 aromatic heterocycles. The van der Waals surface area contributed by atoms with Gasteiger partial charge in [-0.3, -0.25) is 4.79 Å². The third kappa shape index (κ3) is 5.23. The van der Waals surface area contributed by atoms with Gasteiger partial charge in [-0.1, -0.05) is 42.1 Å². The highest BCUT2D eigenvalue weighted by Crippen LogP contribution is 2.43. The first-order chi connectivity index (χ1) is 16.3. The molecule has 0 saturated heterocycles. The maximum Gasteiger partial charge on any atom is 0.418 e. The second-order valence-corrected chi connectivity index (χ2v) is 8.86. The van der Waals surface area contributed by atoms with E-state index in [9.17, 15) is 27.6 Å². The van der Waals surface area contributed by atoms with Crippen LogP contribution in [0.15, 0.2) is 59.6 Å². The summed E-state index contributed by atoms with van der Waals surface area (Å²) < 4.78 is 55.5. The molecule has 0 saturated carbocycles. The zero-order valence-electron chi connectivity index (χ0n) is 17.8. The number of hydrogen-bond donors (Lipinski definition) is 1. The number of thioether (sulfide) groups is 1. The summed E-state index contributed by atoms with van der Waals surface area (Å²) in [5.74, 6) is -1.30. The summed E-state index contributed by atoms with van der Waals surface area (Å²) in [7, 11) is 0. The van der Waals surface area contributed by atoms with Crippen LogP contribution in [0.25, 0.3) is 0 Å². The Labute approximate surface area is 198 Å². The molecular formula is C25H19F4N3OS. The molecule has 1 amide bonds. The van der Waals surface area contributed by atoms with Gasteiger partial charge in [0.15, 0.2) is 0 Å². The number of halogens is 4. The van der Waals surface area contributed by atoms with Crippen molar-refractivity contribution < 1.29 is 22.4 Å². The van der Waals surface area contributed by atoms with E-state index in [1.807, 2.05) is 30.3 Å². The number of alkyl halides is 3. The molecule has 1 aliphatic carbocycles. The Balaban J connectivity index is 1.61. The molecule has 4 rings (SSSR count). The Bertz CT molecular complexity index is 1240. The zero-order valence-corrected chi connectivity index (χ0v) is 18.6. The van der Waals surface area contributed by atoms with E-state index in [2.05, 4.69) is 10.3 Å². The Kier molecular flexibility index (Phi) is 6.89. The highest BCUT2D eigenvalue weighted by atomic mass is 32.2. The van der Waals surface area contributed by atoms with Gasteiger partial charge >= 0.3 is 6.18 Å². The monoisotopic (exact) mass is 485 g/mol. The SMILES string of the molecule is N#Cc1c(SCC(=O)Nc2ccc(F)cc2)nc2c(c1C(F)(F)F)C[C@@H](c1ccccc1)CC2. The predicted octanol–water partition coefficient (Wildman–Crippen LogP) is 6.11. The van der Waals surface area contributed by atoms with Crippen molar-refractivity contribution in [2.45, 2.75) is 36.4 Å². The molecule has 3 aromatic rings. The average Bonchev–Trinajstić information content (AvgIpc) is 2.82. The molecule has 1 N–H and O–H groups in total. The van der Waals surface area contributed by atoms with Gasteiger partial charge in [0, 0.05) is 11.4 Å². The van der Waals surface area contributed by atoms with E-state index in [0.717, 1.165) is 17.3 Å². The van der Waals surface area contributed by atoms with Crippen LogP contribution in [0.1, 0.15) is 40.3 Å². The van der Waals surface area contributed by atoms with Crippen LogP contribution in [0.5, 0.6) is 0 Å². The maximum absolute atomic E-state index is 14.2. The normalized spacial score (nSPS) is 15.3. The zero-order chi connectivity index (χ0) is 24.3. The molecule has 4 nitrogen and oxygen atoms in total. The molecule has 1 atom stereocenters. The first-order valence-electron chi connectivity index (χ1n) is 10.5.